The van der Waals surface area contributed by atoms with E-state index in [1.54, 1.807) is 19.9 Å². The van der Waals surface area contributed by atoms with Crippen LogP contribution < -0.4 is 15.6 Å². The van der Waals surface area contributed by atoms with E-state index in [1.807, 2.05) is 13.8 Å². The smallest absolute Gasteiger partial charge is 0.238 e. The van der Waals surface area contributed by atoms with Crippen LogP contribution in [-0.2, 0) is 14.8 Å². The molecular formula is C14H22N2O4S. The van der Waals surface area contributed by atoms with Gasteiger partial charge in [-0.05, 0) is 36.1 Å². The molecule has 21 heavy (non-hydrogen) atoms. The van der Waals surface area contributed by atoms with Gasteiger partial charge in [-0.2, -0.15) is 0 Å². The summed E-state index contributed by atoms with van der Waals surface area (Å²) in [5.74, 6) is -0.282. The van der Waals surface area contributed by atoms with Crippen molar-refractivity contribution in [2.24, 2.45) is 16.8 Å². The van der Waals surface area contributed by atoms with Crippen LogP contribution in [0.2, 0.25) is 0 Å². The average Bonchev–Trinajstić information content (AvgIpc) is 2.33. The molecule has 0 aliphatic rings. The minimum atomic E-state index is -3.78. The second-order valence-corrected chi connectivity index (χ2v) is 7.00. The first kappa shape index (κ1) is 17.5. The molecule has 1 atom stereocenters. The maximum absolute atomic E-state index is 11.6. The van der Waals surface area contributed by atoms with Crippen molar-refractivity contribution in [2.45, 2.75) is 38.5 Å². The summed E-state index contributed by atoms with van der Waals surface area (Å²) in [6.07, 6.45) is 0. The van der Waals surface area contributed by atoms with Crippen molar-refractivity contribution >= 4 is 15.9 Å². The van der Waals surface area contributed by atoms with Gasteiger partial charge in [0, 0.05) is 0 Å². The van der Waals surface area contributed by atoms with Gasteiger partial charge in [-0.15, -0.1) is 0 Å². The first-order valence-electron chi connectivity index (χ1n) is 6.63. The summed E-state index contributed by atoms with van der Waals surface area (Å²) in [5, 5.41) is 5.21. The molecule has 118 valence electrons. The molecular weight excluding hydrogens is 292 g/mol. The van der Waals surface area contributed by atoms with E-state index in [0.29, 0.717) is 11.3 Å². The number of sulfonamides is 1. The normalized spacial score (nSPS) is 13.2. The number of amides is 1. The lowest BCUT2D eigenvalue weighted by molar-refractivity contribution is -0.122. The number of carbonyl (C=O) groups excluding carboxylic acids is 1. The number of benzene rings is 1. The third-order valence-corrected chi connectivity index (χ3v) is 4.26. The molecule has 7 heteroatoms. The van der Waals surface area contributed by atoms with Crippen LogP contribution >= 0.6 is 0 Å². The fourth-order valence-corrected chi connectivity index (χ4v) is 2.66. The SMILES string of the molecule is Cc1cc(OCC(C)C(N)=O)c(C(C)C)cc1S(N)(=O)=O. The van der Waals surface area contributed by atoms with Gasteiger partial charge >= 0.3 is 0 Å². The molecule has 4 N–H and O–H groups in total. The lowest BCUT2D eigenvalue weighted by Crippen LogP contribution is -2.26. The zero-order valence-electron chi connectivity index (χ0n) is 12.7. The highest BCUT2D eigenvalue weighted by atomic mass is 32.2. The van der Waals surface area contributed by atoms with Crippen molar-refractivity contribution in [3.63, 3.8) is 0 Å². The van der Waals surface area contributed by atoms with E-state index in [1.165, 1.54) is 6.07 Å². The average molecular weight is 314 g/mol. The van der Waals surface area contributed by atoms with Crippen LogP contribution in [0, 0.1) is 12.8 Å². The van der Waals surface area contributed by atoms with Crippen molar-refractivity contribution in [2.75, 3.05) is 6.61 Å². The molecule has 1 unspecified atom stereocenters. The molecule has 1 rings (SSSR count). The van der Waals surface area contributed by atoms with Gasteiger partial charge in [-0.25, -0.2) is 13.6 Å². The van der Waals surface area contributed by atoms with Crippen LogP contribution in [0.4, 0.5) is 0 Å². The Morgan fingerprint density at radius 1 is 1.29 bits per heavy atom. The molecule has 6 nitrogen and oxygen atoms in total. The maximum Gasteiger partial charge on any atom is 0.238 e. The van der Waals surface area contributed by atoms with Crippen molar-refractivity contribution in [1.82, 2.24) is 0 Å². The van der Waals surface area contributed by atoms with Gasteiger partial charge < -0.3 is 10.5 Å². The quantitative estimate of drug-likeness (QED) is 0.823. The van der Waals surface area contributed by atoms with Crippen molar-refractivity contribution < 1.29 is 17.9 Å². The first-order chi connectivity index (χ1) is 9.54. The summed E-state index contributed by atoms with van der Waals surface area (Å²) >= 11 is 0. The fourth-order valence-electron chi connectivity index (χ4n) is 1.86. The van der Waals surface area contributed by atoms with Gasteiger partial charge in [-0.3, -0.25) is 4.79 Å². The summed E-state index contributed by atoms with van der Waals surface area (Å²) < 4.78 is 28.8. The second kappa shape index (κ2) is 6.44. The molecule has 1 aromatic carbocycles. The Hall–Kier alpha value is -1.60. The molecule has 1 amide bonds. The van der Waals surface area contributed by atoms with E-state index in [2.05, 4.69) is 0 Å². The van der Waals surface area contributed by atoms with Crippen LogP contribution in [0.15, 0.2) is 17.0 Å². The molecule has 0 aliphatic heterocycles. The zero-order chi connectivity index (χ0) is 16.4. The van der Waals surface area contributed by atoms with Crippen LogP contribution in [0.3, 0.4) is 0 Å². The third kappa shape index (κ3) is 4.44. The molecule has 0 heterocycles. The number of ether oxygens (including phenoxy) is 1. The van der Waals surface area contributed by atoms with Gasteiger partial charge in [0.05, 0.1) is 17.4 Å². The van der Waals surface area contributed by atoms with E-state index in [9.17, 15) is 13.2 Å². The molecule has 0 bridgehead atoms. The van der Waals surface area contributed by atoms with E-state index in [0.717, 1.165) is 5.56 Å². The number of carbonyl (C=O) groups is 1. The topological polar surface area (TPSA) is 112 Å². The summed E-state index contributed by atoms with van der Waals surface area (Å²) in [4.78, 5) is 11.1. The Bertz CT molecular complexity index is 639. The predicted molar refractivity (Wildman–Crippen MR) is 80.5 cm³/mol. The summed E-state index contributed by atoms with van der Waals surface area (Å²) in [7, 11) is -3.78. The van der Waals surface area contributed by atoms with Gasteiger partial charge in [0.25, 0.3) is 0 Å². The monoisotopic (exact) mass is 314 g/mol. The Labute approximate surface area is 125 Å². The number of aryl methyl sites for hydroxylation is 1. The molecule has 0 spiro atoms. The van der Waals surface area contributed by atoms with Gasteiger partial charge in [0.2, 0.25) is 15.9 Å². The Balaban J connectivity index is 3.21. The van der Waals surface area contributed by atoms with E-state index >= 15 is 0 Å². The minimum absolute atomic E-state index is 0.0463. The second-order valence-electron chi connectivity index (χ2n) is 5.47. The van der Waals surface area contributed by atoms with Crippen molar-refractivity contribution in [3.8, 4) is 5.75 Å². The summed E-state index contributed by atoms with van der Waals surface area (Å²) in [6, 6.07) is 3.16. The Morgan fingerprint density at radius 2 is 1.86 bits per heavy atom. The predicted octanol–water partition coefficient (Wildman–Crippen LogP) is 1.27. The molecule has 0 aromatic heterocycles. The highest BCUT2D eigenvalue weighted by Gasteiger charge is 2.19. The molecule has 1 aromatic rings. The lowest BCUT2D eigenvalue weighted by atomic mass is 10.0. The number of primary amides is 1. The largest absolute Gasteiger partial charge is 0.492 e. The highest BCUT2D eigenvalue weighted by Crippen LogP contribution is 2.31. The maximum atomic E-state index is 11.6. The molecule has 0 saturated carbocycles. The van der Waals surface area contributed by atoms with Crippen LogP contribution in [0.1, 0.15) is 37.8 Å². The number of primary sulfonamides is 1. The number of hydrogen-bond acceptors (Lipinski definition) is 4. The first-order valence-corrected chi connectivity index (χ1v) is 8.18. The van der Waals surface area contributed by atoms with Crippen LogP contribution in [-0.4, -0.2) is 20.9 Å². The number of hydrogen-bond donors (Lipinski definition) is 2. The summed E-state index contributed by atoms with van der Waals surface area (Å²) in [6.45, 7) is 7.30. The van der Waals surface area contributed by atoms with Crippen molar-refractivity contribution in [1.29, 1.82) is 0 Å². The van der Waals surface area contributed by atoms with Crippen molar-refractivity contribution in [3.05, 3.63) is 23.3 Å². The van der Waals surface area contributed by atoms with Crippen LogP contribution in [0.25, 0.3) is 0 Å². The Morgan fingerprint density at radius 3 is 2.29 bits per heavy atom. The zero-order valence-corrected chi connectivity index (χ0v) is 13.5. The standard InChI is InChI=1S/C14H22N2O4S/c1-8(2)11-6-13(21(16,18)19)9(3)5-12(11)20-7-10(4)14(15)17/h5-6,8,10H,7H2,1-4H3,(H2,15,17)(H2,16,18,19). The number of rotatable bonds is 6. The van der Waals surface area contributed by atoms with Crippen LogP contribution in [0.5, 0.6) is 5.75 Å². The van der Waals surface area contributed by atoms with Gasteiger partial charge in [-0.1, -0.05) is 20.8 Å². The number of nitrogens with two attached hydrogens (primary N) is 2. The highest BCUT2D eigenvalue weighted by molar-refractivity contribution is 7.89. The molecule has 0 radical (unpaired) electrons. The minimum Gasteiger partial charge on any atom is -0.492 e. The van der Waals surface area contributed by atoms with E-state index in [4.69, 9.17) is 15.6 Å². The van der Waals surface area contributed by atoms with Gasteiger partial charge in [0.15, 0.2) is 0 Å². The Kier molecular flexibility index (Phi) is 5.36. The molecule has 0 saturated heterocycles. The fraction of sp³-hybridized carbons (Fsp3) is 0.500. The lowest BCUT2D eigenvalue weighted by Gasteiger charge is -2.18. The van der Waals surface area contributed by atoms with E-state index < -0.39 is 21.8 Å². The van der Waals surface area contributed by atoms with E-state index in [-0.39, 0.29) is 17.4 Å². The molecule has 0 aliphatic carbocycles. The third-order valence-electron chi connectivity index (χ3n) is 3.21. The van der Waals surface area contributed by atoms with Gasteiger partial charge in [0.1, 0.15) is 5.75 Å². The molecule has 0 fully saturated rings. The summed E-state index contributed by atoms with van der Waals surface area (Å²) in [5.41, 5.74) is 6.42.